The predicted octanol–water partition coefficient (Wildman–Crippen LogP) is 1.23. The standard InChI is InChI=1S/C12H13N3O3/c1-13-5-4-11-14-15-12(18-11)8-2-3-9-10(6-8)17-7-16-9/h2-3,6,13H,4-5,7H2,1H3. The second-order valence-electron chi connectivity index (χ2n) is 3.92. The maximum Gasteiger partial charge on any atom is 0.247 e. The Balaban J connectivity index is 1.83. The van der Waals surface area contributed by atoms with E-state index in [1.54, 1.807) is 0 Å². The molecule has 6 heteroatoms. The number of hydrogen-bond acceptors (Lipinski definition) is 6. The van der Waals surface area contributed by atoms with E-state index in [0.29, 0.717) is 24.0 Å². The first-order valence-electron chi connectivity index (χ1n) is 5.74. The molecule has 1 aromatic heterocycles. The molecule has 1 N–H and O–H groups in total. The normalized spacial score (nSPS) is 12.9. The average molecular weight is 247 g/mol. The zero-order valence-electron chi connectivity index (χ0n) is 9.97. The van der Waals surface area contributed by atoms with Crippen molar-refractivity contribution in [3.63, 3.8) is 0 Å². The molecular weight excluding hydrogens is 234 g/mol. The lowest BCUT2D eigenvalue weighted by atomic mass is 10.2. The molecule has 0 saturated carbocycles. The van der Waals surface area contributed by atoms with Gasteiger partial charge >= 0.3 is 0 Å². The number of benzene rings is 1. The summed E-state index contributed by atoms with van der Waals surface area (Å²) in [6.07, 6.45) is 0.716. The SMILES string of the molecule is CNCCc1nnc(-c2ccc3c(c2)OCO3)o1. The largest absolute Gasteiger partial charge is 0.454 e. The third-order valence-corrected chi connectivity index (χ3v) is 2.68. The van der Waals surface area contributed by atoms with Gasteiger partial charge in [0.1, 0.15) is 0 Å². The Morgan fingerprint density at radius 2 is 2.11 bits per heavy atom. The van der Waals surface area contributed by atoms with Gasteiger partial charge < -0.3 is 19.2 Å². The predicted molar refractivity (Wildman–Crippen MR) is 63.5 cm³/mol. The number of ether oxygens (including phenoxy) is 2. The molecule has 1 aromatic carbocycles. The van der Waals surface area contributed by atoms with Gasteiger partial charge in [0, 0.05) is 18.5 Å². The quantitative estimate of drug-likeness (QED) is 0.876. The van der Waals surface area contributed by atoms with Crippen molar-refractivity contribution < 1.29 is 13.9 Å². The van der Waals surface area contributed by atoms with Crippen LogP contribution in [-0.4, -0.2) is 30.6 Å². The Morgan fingerprint density at radius 3 is 3.00 bits per heavy atom. The molecule has 94 valence electrons. The number of rotatable bonds is 4. The zero-order chi connectivity index (χ0) is 12.4. The Morgan fingerprint density at radius 1 is 1.22 bits per heavy atom. The van der Waals surface area contributed by atoms with Gasteiger partial charge in [-0.25, -0.2) is 0 Å². The number of nitrogens with zero attached hydrogens (tertiary/aromatic N) is 2. The molecule has 2 heterocycles. The summed E-state index contributed by atoms with van der Waals surface area (Å²) in [5.74, 6) is 2.58. The number of aromatic nitrogens is 2. The van der Waals surface area contributed by atoms with Gasteiger partial charge in [-0.1, -0.05) is 0 Å². The van der Waals surface area contributed by atoms with Crippen LogP contribution in [0.5, 0.6) is 11.5 Å². The van der Waals surface area contributed by atoms with Gasteiger partial charge in [0.25, 0.3) is 0 Å². The van der Waals surface area contributed by atoms with Crippen LogP contribution in [0.1, 0.15) is 5.89 Å². The van der Waals surface area contributed by atoms with Crippen molar-refractivity contribution in [1.29, 1.82) is 0 Å². The zero-order valence-corrected chi connectivity index (χ0v) is 9.97. The smallest absolute Gasteiger partial charge is 0.247 e. The van der Waals surface area contributed by atoms with Gasteiger partial charge in [0.05, 0.1) is 0 Å². The summed E-state index contributed by atoms with van der Waals surface area (Å²) >= 11 is 0. The summed E-state index contributed by atoms with van der Waals surface area (Å²) in [7, 11) is 1.88. The Labute approximate surface area is 104 Å². The number of fused-ring (bicyclic) bond motifs is 1. The van der Waals surface area contributed by atoms with E-state index in [1.165, 1.54) is 0 Å². The number of hydrogen-bond donors (Lipinski definition) is 1. The molecule has 0 radical (unpaired) electrons. The molecule has 6 nitrogen and oxygen atoms in total. The number of nitrogens with one attached hydrogen (secondary N) is 1. The van der Waals surface area contributed by atoms with Gasteiger partial charge in [-0.15, -0.1) is 10.2 Å². The van der Waals surface area contributed by atoms with E-state index < -0.39 is 0 Å². The van der Waals surface area contributed by atoms with Crippen LogP contribution in [0.25, 0.3) is 11.5 Å². The lowest BCUT2D eigenvalue weighted by molar-refractivity contribution is 0.174. The Bertz CT molecular complexity index is 553. The van der Waals surface area contributed by atoms with Crippen LogP contribution in [0.4, 0.5) is 0 Å². The molecule has 0 bridgehead atoms. The van der Waals surface area contributed by atoms with Crippen molar-refractivity contribution in [2.75, 3.05) is 20.4 Å². The maximum absolute atomic E-state index is 5.57. The van der Waals surface area contributed by atoms with E-state index in [-0.39, 0.29) is 6.79 Å². The summed E-state index contributed by atoms with van der Waals surface area (Å²) in [5.41, 5.74) is 0.836. The Hall–Kier alpha value is -2.08. The molecule has 0 unspecified atom stereocenters. The van der Waals surface area contributed by atoms with Gasteiger partial charge in [0.15, 0.2) is 11.5 Å². The van der Waals surface area contributed by atoms with Crippen molar-refractivity contribution in [3.05, 3.63) is 24.1 Å². The van der Waals surface area contributed by atoms with Crippen molar-refractivity contribution in [1.82, 2.24) is 15.5 Å². The molecule has 0 spiro atoms. The molecule has 3 rings (SSSR count). The first-order valence-corrected chi connectivity index (χ1v) is 5.74. The van der Waals surface area contributed by atoms with E-state index >= 15 is 0 Å². The van der Waals surface area contributed by atoms with Crippen LogP contribution in [0.2, 0.25) is 0 Å². The molecular formula is C12H13N3O3. The highest BCUT2D eigenvalue weighted by molar-refractivity contribution is 5.60. The van der Waals surface area contributed by atoms with Crippen molar-refractivity contribution in [3.8, 4) is 23.0 Å². The molecule has 0 fully saturated rings. The molecule has 2 aromatic rings. The second kappa shape index (κ2) is 4.66. The summed E-state index contributed by atoms with van der Waals surface area (Å²) in [4.78, 5) is 0. The minimum Gasteiger partial charge on any atom is -0.454 e. The minimum absolute atomic E-state index is 0.260. The molecule has 0 saturated heterocycles. The summed E-state index contributed by atoms with van der Waals surface area (Å²) < 4.78 is 16.1. The third kappa shape index (κ3) is 2.02. The fourth-order valence-electron chi connectivity index (χ4n) is 1.73. The molecule has 18 heavy (non-hydrogen) atoms. The van der Waals surface area contributed by atoms with Crippen molar-refractivity contribution >= 4 is 0 Å². The van der Waals surface area contributed by atoms with Gasteiger partial charge in [0.2, 0.25) is 18.6 Å². The van der Waals surface area contributed by atoms with E-state index in [2.05, 4.69) is 15.5 Å². The number of likely N-dealkylation sites (N-methyl/N-ethyl adjacent to an activating group) is 1. The summed E-state index contributed by atoms with van der Waals surface area (Å²) in [6.45, 7) is 1.07. The second-order valence-corrected chi connectivity index (χ2v) is 3.92. The van der Waals surface area contributed by atoms with Crippen LogP contribution < -0.4 is 14.8 Å². The Kier molecular flexibility index (Phi) is 2.85. The molecule has 0 amide bonds. The first kappa shape index (κ1) is 11.0. The first-order chi connectivity index (χ1) is 8.86. The summed E-state index contributed by atoms with van der Waals surface area (Å²) in [6, 6.07) is 5.57. The molecule has 0 aliphatic carbocycles. The monoisotopic (exact) mass is 247 g/mol. The van der Waals surface area contributed by atoms with Gasteiger partial charge in [-0.3, -0.25) is 0 Å². The van der Waals surface area contributed by atoms with E-state index in [4.69, 9.17) is 13.9 Å². The van der Waals surface area contributed by atoms with Crippen LogP contribution in [0, 0.1) is 0 Å². The molecule has 1 aliphatic rings. The molecule has 0 atom stereocenters. The molecule has 1 aliphatic heterocycles. The van der Waals surface area contributed by atoms with Crippen LogP contribution in [-0.2, 0) is 6.42 Å². The van der Waals surface area contributed by atoms with Crippen LogP contribution in [0.15, 0.2) is 22.6 Å². The van der Waals surface area contributed by atoms with Crippen molar-refractivity contribution in [2.45, 2.75) is 6.42 Å². The highest BCUT2D eigenvalue weighted by Gasteiger charge is 2.16. The van der Waals surface area contributed by atoms with E-state index in [9.17, 15) is 0 Å². The summed E-state index contributed by atoms with van der Waals surface area (Å²) in [5, 5.41) is 11.1. The van der Waals surface area contributed by atoms with E-state index in [1.807, 2.05) is 25.2 Å². The maximum atomic E-state index is 5.57. The lowest BCUT2D eigenvalue weighted by Crippen LogP contribution is -2.10. The highest BCUT2D eigenvalue weighted by Crippen LogP contribution is 2.35. The third-order valence-electron chi connectivity index (χ3n) is 2.68. The van der Waals surface area contributed by atoms with Gasteiger partial charge in [-0.2, -0.15) is 0 Å². The van der Waals surface area contributed by atoms with E-state index in [0.717, 1.165) is 17.9 Å². The fraction of sp³-hybridized carbons (Fsp3) is 0.333. The highest BCUT2D eigenvalue weighted by atomic mass is 16.7. The fourth-order valence-corrected chi connectivity index (χ4v) is 1.73. The van der Waals surface area contributed by atoms with Gasteiger partial charge in [-0.05, 0) is 25.2 Å². The van der Waals surface area contributed by atoms with Crippen molar-refractivity contribution in [2.24, 2.45) is 0 Å². The lowest BCUT2D eigenvalue weighted by Gasteiger charge is -1.98. The minimum atomic E-state index is 0.260. The van der Waals surface area contributed by atoms with Crippen LogP contribution in [0.3, 0.4) is 0 Å². The average Bonchev–Trinajstić information content (AvgIpc) is 3.04. The topological polar surface area (TPSA) is 69.4 Å². The van der Waals surface area contributed by atoms with Crippen LogP contribution >= 0.6 is 0 Å².